The summed E-state index contributed by atoms with van der Waals surface area (Å²) in [5.41, 5.74) is 1.50. The minimum Gasteiger partial charge on any atom is -0.508 e. The molecule has 0 bridgehead atoms. The molecule has 0 saturated carbocycles. The van der Waals surface area contributed by atoms with E-state index in [1.54, 1.807) is 24.3 Å². The number of amides is 1. The topological polar surface area (TPSA) is 110 Å². The molecule has 0 aromatic heterocycles. The first-order valence-corrected chi connectivity index (χ1v) is 9.95. The van der Waals surface area contributed by atoms with Crippen LogP contribution in [0.3, 0.4) is 0 Å². The van der Waals surface area contributed by atoms with Crippen molar-refractivity contribution in [2.45, 2.75) is 4.90 Å². The van der Waals surface area contributed by atoms with Gasteiger partial charge in [-0.05, 0) is 66.7 Å². The maximum atomic E-state index is 12.9. The minimum atomic E-state index is -3.91. The molecule has 29 heavy (non-hydrogen) atoms. The van der Waals surface area contributed by atoms with Crippen molar-refractivity contribution in [1.29, 1.82) is 5.26 Å². The van der Waals surface area contributed by atoms with E-state index in [1.165, 1.54) is 55.6 Å². The van der Waals surface area contributed by atoms with Gasteiger partial charge in [0.15, 0.2) is 0 Å². The number of carbonyl (C=O) groups excluding carboxylic acids is 1. The van der Waals surface area contributed by atoms with Crippen LogP contribution in [-0.4, -0.2) is 26.5 Å². The Morgan fingerprint density at radius 1 is 1.03 bits per heavy atom. The summed E-state index contributed by atoms with van der Waals surface area (Å²) in [6.07, 6.45) is 0. The van der Waals surface area contributed by atoms with Crippen molar-refractivity contribution in [1.82, 2.24) is 0 Å². The molecule has 0 aliphatic heterocycles. The molecule has 0 fully saturated rings. The van der Waals surface area contributed by atoms with Gasteiger partial charge in [-0.3, -0.25) is 9.10 Å². The Labute approximate surface area is 168 Å². The van der Waals surface area contributed by atoms with Gasteiger partial charge in [0, 0.05) is 18.3 Å². The first-order valence-electron chi connectivity index (χ1n) is 8.51. The van der Waals surface area contributed by atoms with Crippen LogP contribution in [0.25, 0.3) is 0 Å². The van der Waals surface area contributed by atoms with Crippen molar-refractivity contribution in [2.24, 2.45) is 0 Å². The van der Waals surface area contributed by atoms with Crippen molar-refractivity contribution in [3.63, 3.8) is 0 Å². The smallest absolute Gasteiger partial charge is 0.264 e. The van der Waals surface area contributed by atoms with Gasteiger partial charge >= 0.3 is 0 Å². The Kier molecular flexibility index (Phi) is 5.52. The standard InChI is InChI=1S/C21H17N3O4S/c1-24(18-9-11-19(25)12-10-18)29(27,28)20-4-2-3-16(13-20)21(26)23-17-7-5-15(14-22)6-8-17/h2-13,25H,1H3,(H,23,26). The number of nitriles is 1. The van der Waals surface area contributed by atoms with E-state index in [0.29, 0.717) is 16.9 Å². The minimum absolute atomic E-state index is 0.0287. The van der Waals surface area contributed by atoms with E-state index in [2.05, 4.69) is 5.32 Å². The highest BCUT2D eigenvalue weighted by molar-refractivity contribution is 7.92. The molecule has 3 aromatic rings. The van der Waals surface area contributed by atoms with Gasteiger partial charge in [0.25, 0.3) is 15.9 Å². The Bertz CT molecular complexity index is 1180. The maximum Gasteiger partial charge on any atom is 0.264 e. The van der Waals surface area contributed by atoms with Gasteiger partial charge in [-0.1, -0.05) is 6.07 Å². The molecule has 3 aromatic carbocycles. The van der Waals surface area contributed by atoms with E-state index in [1.807, 2.05) is 6.07 Å². The number of carbonyl (C=O) groups is 1. The van der Waals surface area contributed by atoms with E-state index in [4.69, 9.17) is 5.26 Å². The molecule has 0 aliphatic rings. The van der Waals surface area contributed by atoms with Crippen LogP contribution in [0.2, 0.25) is 0 Å². The molecule has 7 nitrogen and oxygen atoms in total. The van der Waals surface area contributed by atoms with E-state index < -0.39 is 15.9 Å². The van der Waals surface area contributed by atoms with Crippen LogP contribution in [0.4, 0.5) is 11.4 Å². The molecule has 0 saturated heterocycles. The summed E-state index contributed by atoms with van der Waals surface area (Å²) in [7, 11) is -2.51. The zero-order valence-corrected chi connectivity index (χ0v) is 16.2. The van der Waals surface area contributed by atoms with Crippen LogP contribution in [-0.2, 0) is 10.0 Å². The Morgan fingerprint density at radius 2 is 1.69 bits per heavy atom. The number of rotatable bonds is 5. The summed E-state index contributed by atoms with van der Waals surface area (Å²) in [4.78, 5) is 12.5. The van der Waals surface area contributed by atoms with E-state index >= 15 is 0 Å². The van der Waals surface area contributed by atoms with E-state index in [-0.39, 0.29) is 16.2 Å². The zero-order valence-electron chi connectivity index (χ0n) is 15.4. The lowest BCUT2D eigenvalue weighted by Gasteiger charge is -2.20. The van der Waals surface area contributed by atoms with Crippen molar-refractivity contribution in [3.05, 3.63) is 83.9 Å². The van der Waals surface area contributed by atoms with Gasteiger partial charge in [0.05, 0.1) is 22.2 Å². The fraction of sp³-hybridized carbons (Fsp3) is 0.0476. The summed E-state index contributed by atoms with van der Waals surface area (Å²) < 4.78 is 26.9. The zero-order chi connectivity index (χ0) is 21.0. The summed E-state index contributed by atoms with van der Waals surface area (Å²) in [6.45, 7) is 0. The number of nitrogens with one attached hydrogen (secondary N) is 1. The number of nitrogens with zero attached hydrogens (tertiary/aromatic N) is 2. The highest BCUT2D eigenvalue weighted by Crippen LogP contribution is 2.24. The Morgan fingerprint density at radius 3 is 2.31 bits per heavy atom. The summed E-state index contributed by atoms with van der Waals surface area (Å²) in [5.74, 6) is -0.444. The van der Waals surface area contributed by atoms with Gasteiger partial charge in [-0.2, -0.15) is 5.26 Å². The quantitative estimate of drug-likeness (QED) is 0.674. The third-order valence-corrected chi connectivity index (χ3v) is 6.02. The Hall–Kier alpha value is -3.83. The number of sulfonamides is 1. The van der Waals surface area contributed by atoms with Gasteiger partial charge < -0.3 is 10.4 Å². The third kappa shape index (κ3) is 4.36. The predicted molar refractivity (Wildman–Crippen MR) is 109 cm³/mol. The number of hydrogen-bond acceptors (Lipinski definition) is 5. The largest absolute Gasteiger partial charge is 0.508 e. The second-order valence-corrected chi connectivity index (χ2v) is 8.13. The van der Waals surface area contributed by atoms with Gasteiger partial charge in [-0.25, -0.2) is 8.42 Å². The predicted octanol–water partition coefficient (Wildman–Crippen LogP) is 3.34. The highest BCUT2D eigenvalue weighted by atomic mass is 32.2. The number of anilines is 2. The molecule has 146 valence electrons. The monoisotopic (exact) mass is 407 g/mol. The number of phenolic OH excluding ortho intramolecular Hbond substituents is 1. The third-order valence-electron chi connectivity index (χ3n) is 4.24. The molecule has 0 spiro atoms. The summed E-state index contributed by atoms with van der Waals surface area (Å²) >= 11 is 0. The van der Waals surface area contributed by atoms with Crippen LogP contribution < -0.4 is 9.62 Å². The van der Waals surface area contributed by atoms with Crippen LogP contribution in [0.5, 0.6) is 5.75 Å². The van der Waals surface area contributed by atoms with Crippen LogP contribution in [0, 0.1) is 11.3 Å². The number of phenols is 1. The van der Waals surface area contributed by atoms with E-state index in [9.17, 15) is 18.3 Å². The van der Waals surface area contributed by atoms with Crippen molar-refractivity contribution in [2.75, 3.05) is 16.7 Å². The fourth-order valence-electron chi connectivity index (χ4n) is 2.59. The number of benzene rings is 3. The van der Waals surface area contributed by atoms with E-state index in [0.717, 1.165) is 4.31 Å². The molecule has 1 amide bonds. The first kappa shape index (κ1) is 19.9. The van der Waals surface area contributed by atoms with Crippen molar-refractivity contribution in [3.8, 4) is 11.8 Å². The highest BCUT2D eigenvalue weighted by Gasteiger charge is 2.22. The average Bonchev–Trinajstić information content (AvgIpc) is 2.74. The molecule has 3 rings (SSSR count). The molecule has 0 unspecified atom stereocenters. The summed E-state index contributed by atoms with van der Waals surface area (Å²) in [6, 6.07) is 19.8. The molecule has 2 N–H and O–H groups in total. The molecule has 0 heterocycles. The fourth-order valence-corrected chi connectivity index (χ4v) is 3.83. The molecular formula is C21H17N3O4S. The summed E-state index contributed by atoms with van der Waals surface area (Å²) in [5, 5.41) is 20.9. The second-order valence-electron chi connectivity index (χ2n) is 6.16. The SMILES string of the molecule is CN(c1ccc(O)cc1)S(=O)(=O)c1cccc(C(=O)Nc2ccc(C#N)cc2)c1. The number of aromatic hydroxyl groups is 1. The Balaban J connectivity index is 1.84. The molecule has 0 radical (unpaired) electrons. The number of hydrogen-bond donors (Lipinski definition) is 2. The second kappa shape index (κ2) is 8.04. The lowest BCUT2D eigenvalue weighted by Crippen LogP contribution is -2.26. The normalized spacial score (nSPS) is 10.8. The van der Waals surface area contributed by atoms with Crippen molar-refractivity contribution >= 4 is 27.3 Å². The van der Waals surface area contributed by atoms with Crippen molar-refractivity contribution < 1.29 is 18.3 Å². The molecule has 8 heteroatoms. The lowest BCUT2D eigenvalue weighted by molar-refractivity contribution is 0.102. The van der Waals surface area contributed by atoms with Crippen LogP contribution >= 0.6 is 0 Å². The van der Waals surface area contributed by atoms with Gasteiger partial charge in [0.1, 0.15) is 5.75 Å². The lowest BCUT2D eigenvalue weighted by atomic mass is 10.2. The van der Waals surface area contributed by atoms with Gasteiger partial charge in [0.2, 0.25) is 0 Å². The first-order chi connectivity index (χ1) is 13.8. The molecule has 0 aliphatic carbocycles. The van der Waals surface area contributed by atoms with Crippen LogP contribution in [0.1, 0.15) is 15.9 Å². The molecular weight excluding hydrogens is 390 g/mol. The molecule has 0 atom stereocenters. The van der Waals surface area contributed by atoms with Crippen LogP contribution in [0.15, 0.2) is 77.7 Å². The van der Waals surface area contributed by atoms with Gasteiger partial charge in [-0.15, -0.1) is 0 Å². The maximum absolute atomic E-state index is 12.9. The average molecular weight is 407 g/mol.